The first-order valence-corrected chi connectivity index (χ1v) is 3.43. The first-order valence-electron chi connectivity index (χ1n) is 3.43. The second kappa shape index (κ2) is 1.81. The molecule has 1 unspecified atom stereocenters. The maximum atomic E-state index is 11.6. The van der Waals surface area contributed by atoms with E-state index in [0.29, 0.717) is 13.1 Å². The van der Waals surface area contributed by atoms with E-state index >= 15 is 0 Å². The van der Waals surface area contributed by atoms with Gasteiger partial charge in [0.05, 0.1) is 0 Å². The first kappa shape index (κ1) is 5.89. The standard InChI is InChI=1S/C8H9NO/c10-9-6-2-1-4-8(9)5-3-7-9/h1-5H,6-7H2. The van der Waals surface area contributed by atoms with Crippen molar-refractivity contribution in [1.29, 1.82) is 0 Å². The molecule has 0 aromatic rings. The Morgan fingerprint density at radius 2 is 2.10 bits per heavy atom. The third-order valence-electron chi connectivity index (χ3n) is 1.96. The topological polar surface area (TPSA) is 23.1 Å². The van der Waals surface area contributed by atoms with Gasteiger partial charge in [0, 0.05) is 6.08 Å². The summed E-state index contributed by atoms with van der Waals surface area (Å²) in [6, 6.07) is 0. The Kier molecular flexibility index (Phi) is 1.07. The number of fused-ring (bicyclic) bond motifs is 1. The minimum atomic E-state index is -0.170. The van der Waals surface area contributed by atoms with Gasteiger partial charge in [-0.05, 0) is 18.2 Å². The van der Waals surface area contributed by atoms with E-state index in [9.17, 15) is 5.21 Å². The lowest BCUT2D eigenvalue weighted by Gasteiger charge is -2.39. The van der Waals surface area contributed by atoms with E-state index in [1.54, 1.807) is 0 Å². The zero-order chi connectivity index (χ0) is 7.03. The Labute approximate surface area is 59.9 Å². The monoisotopic (exact) mass is 135 g/mol. The van der Waals surface area contributed by atoms with Crippen molar-refractivity contribution in [3.63, 3.8) is 0 Å². The average molecular weight is 135 g/mol. The molecule has 0 bridgehead atoms. The molecule has 2 heteroatoms. The van der Waals surface area contributed by atoms with E-state index < -0.39 is 0 Å². The van der Waals surface area contributed by atoms with Crippen LogP contribution in [0.2, 0.25) is 0 Å². The summed E-state index contributed by atoms with van der Waals surface area (Å²) in [5.74, 6) is 0. The summed E-state index contributed by atoms with van der Waals surface area (Å²) >= 11 is 0. The molecule has 0 N–H and O–H groups in total. The molecule has 2 aliphatic rings. The van der Waals surface area contributed by atoms with Crippen molar-refractivity contribution >= 4 is 0 Å². The number of allylic oxidation sites excluding steroid dienone is 3. The van der Waals surface area contributed by atoms with Gasteiger partial charge < -0.3 is 9.85 Å². The van der Waals surface area contributed by atoms with Crippen LogP contribution in [0.1, 0.15) is 0 Å². The number of hydrogen-bond donors (Lipinski definition) is 0. The van der Waals surface area contributed by atoms with Gasteiger partial charge in [-0.3, -0.25) is 0 Å². The highest BCUT2D eigenvalue weighted by atomic mass is 16.5. The molecule has 2 nitrogen and oxygen atoms in total. The second-order valence-corrected chi connectivity index (χ2v) is 2.68. The summed E-state index contributed by atoms with van der Waals surface area (Å²) in [4.78, 5) is 0. The molecule has 0 spiro atoms. The number of nitrogens with zero attached hydrogens (tertiary/aromatic N) is 1. The second-order valence-electron chi connectivity index (χ2n) is 2.68. The fourth-order valence-electron chi connectivity index (χ4n) is 1.35. The van der Waals surface area contributed by atoms with Gasteiger partial charge in [-0.25, -0.2) is 0 Å². The maximum Gasteiger partial charge on any atom is 0.133 e. The molecule has 0 aliphatic carbocycles. The Morgan fingerprint density at radius 3 is 2.90 bits per heavy atom. The van der Waals surface area contributed by atoms with E-state index in [4.69, 9.17) is 0 Å². The Morgan fingerprint density at radius 1 is 1.30 bits per heavy atom. The molecule has 0 saturated heterocycles. The zero-order valence-electron chi connectivity index (χ0n) is 5.66. The van der Waals surface area contributed by atoms with Crippen LogP contribution in [0.4, 0.5) is 0 Å². The molecule has 0 saturated carbocycles. The van der Waals surface area contributed by atoms with E-state index in [-0.39, 0.29) is 4.65 Å². The minimum Gasteiger partial charge on any atom is -0.627 e. The summed E-state index contributed by atoms with van der Waals surface area (Å²) in [6.45, 7) is 1.20. The largest absolute Gasteiger partial charge is 0.627 e. The molecule has 0 amide bonds. The fourth-order valence-corrected chi connectivity index (χ4v) is 1.35. The molecule has 0 aromatic heterocycles. The summed E-state index contributed by atoms with van der Waals surface area (Å²) in [5, 5.41) is 11.6. The van der Waals surface area contributed by atoms with Crippen LogP contribution in [0, 0.1) is 5.21 Å². The van der Waals surface area contributed by atoms with Gasteiger partial charge >= 0.3 is 0 Å². The number of rotatable bonds is 0. The molecule has 1 atom stereocenters. The molecule has 10 heavy (non-hydrogen) atoms. The highest BCUT2D eigenvalue weighted by molar-refractivity contribution is 5.25. The van der Waals surface area contributed by atoms with E-state index in [0.717, 1.165) is 5.70 Å². The van der Waals surface area contributed by atoms with Crippen molar-refractivity contribution in [3.05, 3.63) is 41.3 Å². The quantitative estimate of drug-likeness (QED) is 0.363. The van der Waals surface area contributed by atoms with Crippen molar-refractivity contribution in [3.8, 4) is 0 Å². The molecular formula is C8H9NO. The highest BCUT2D eigenvalue weighted by Crippen LogP contribution is 2.25. The molecular weight excluding hydrogens is 126 g/mol. The third kappa shape index (κ3) is 0.664. The van der Waals surface area contributed by atoms with Crippen molar-refractivity contribution < 1.29 is 4.65 Å². The van der Waals surface area contributed by atoms with Crippen LogP contribution in [0.15, 0.2) is 36.1 Å². The minimum absolute atomic E-state index is 0.170. The molecule has 0 radical (unpaired) electrons. The van der Waals surface area contributed by atoms with Crippen molar-refractivity contribution in [2.45, 2.75) is 0 Å². The van der Waals surface area contributed by atoms with Gasteiger partial charge in [-0.15, -0.1) is 0 Å². The Balaban J connectivity index is 2.41. The lowest BCUT2D eigenvalue weighted by molar-refractivity contribution is -0.823. The van der Waals surface area contributed by atoms with Gasteiger partial charge in [-0.1, -0.05) is 6.08 Å². The van der Waals surface area contributed by atoms with Crippen molar-refractivity contribution in [2.24, 2.45) is 0 Å². The van der Waals surface area contributed by atoms with Crippen LogP contribution < -0.4 is 0 Å². The summed E-state index contributed by atoms with van der Waals surface area (Å²) in [6.07, 6.45) is 9.60. The molecule has 52 valence electrons. The highest BCUT2D eigenvalue weighted by Gasteiger charge is 2.24. The van der Waals surface area contributed by atoms with Crippen LogP contribution in [-0.4, -0.2) is 17.7 Å². The Hall–Kier alpha value is -0.860. The molecule has 0 aromatic carbocycles. The lowest BCUT2D eigenvalue weighted by atomic mass is 10.3. The number of quaternary nitrogens is 1. The van der Waals surface area contributed by atoms with Crippen molar-refractivity contribution in [2.75, 3.05) is 13.1 Å². The summed E-state index contributed by atoms with van der Waals surface area (Å²) < 4.78 is -0.170. The fraction of sp³-hybridized carbons (Fsp3) is 0.250. The summed E-state index contributed by atoms with van der Waals surface area (Å²) in [7, 11) is 0. The maximum absolute atomic E-state index is 11.6. The summed E-state index contributed by atoms with van der Waals surface area (Å²) in [5.41, 5.74) is 0.891. The normalized spacial score (nSPS) is 35.9. The van der Waals surface area contributed by atoms with Gasteiger partial charge in [0.25, 0.3) is 0 Å². The van der Waals surface area contributed by atoms with Gasteiger partial charge in [0.2, 0.25) is 0 Å². The molecule has 2 rings (SSSR count). The van der Waals surface area contributed by atoms with Crippen molar-refractivity contribution in [1.82, 2.24) is 0 Å². The van der Waals surface area contributed by atoms with Crippen LogP contribution in [0.5, 0.6) is 0 Å². The van der Waals surface area contributed by atoms with Crippen LogP contribution in [0.25, 0.3) is 0 Å². The predicted molar refractivity (Wildman–Crippen MR) is 39.7 cm³/mol. The zero-order valence-corrected chi connectivity index (χ0v) is 5.66. The van der Waals surface area contributed by atoms with Crippen LogP contribution >= 0.6 is 0 Å². The molecule has 0 fully saturated rings. The van der Waals surface area contributed by atoms with Gasteiger partial charge in [-0.2, -0.15) is 0 Å². The molecule has 2 aliphatic heterocycles. The van der Waals surface area contributed by atoms with Crippen LogP contribution in [0.3, 0.4) is 0 Å². The van der Waals surface area contributed by atoms with Gasteiger partial charge in [0.15, 0.2) is 0 Å². The van der Waals surface area contributed by atoms with E-state index in [1.165, 1.54) is 0 Å². The lowest BCUT2D eigenvalue weighted by Crippen LogP contribution is -2.38. The third-order valence-corrected chi connectivity index (χ3v) is 1.96. The average Bonchev–Trinajstić information content (AvgIpc) is 2.29. The number of hydrogen-bond acceptors (Lipinski definition) is 1. The smallest absolute Gasteiger partial charge is 0.133 e. The SMILES string of the molecule is [O-][N+]12CC=CC=C1C=CC2. The van der Waals surface area contributed by atoms with E-state index in [2.05, 4.69) is 0 Å². The van der Waals surface area contributed by atoms with Crippen LogP contribution in [-0.2, 0) is 0 Å². The predicted octanol–water partition coefficient (Wildman–Crippen LogP) is 1.32. The van der Waals surface area contributed by atoms with E-state index in [1.807, 2.05) is 30.4 Å². The van der Waals surface area contributed by atoms with Gasteiger partial charge in [0.1, 0.15) is 18.8 Å². The Bertz CT molecular complexity index is 240. The number of hydroxylamine groups is 3. The first-order chi connectivity index (χ1) is 4.81. The molecule has 2 heterocycles.